The lowest BCUT2D eigenvalue weighted by molar-refractivity contribution is -0.136. The number of ether oxygens (including phenoxy) is 1. The molecule has 0 spiro atoms. The molecular weight excluding hydrogens is 583 g/mol. The van der Waals surface area contributed by atoms with Crippen molar-refractivity contribution in [2.24, 2.45) is 17.6 Å². The molecule has 2 amide bonds. The topological polar surface area (TPSA) is 96.7 Å². The van der Waals surface area contributed by atoms with Crippen molar-refractivity contribution in [3.63, 3.8) is 0 Å². The van der Waals surface area contributed by atoms with Gasteiger partial charge in [0, 0.05) is 36.7 Å². The summed E-state index contributed by atoms with van der Waals surface area (Å²) < 4.78 is 5.75. The van der Waals surface area contributed by atoms with E-state index in [1.807, 2.05) is 0 Å². The SMILES string of the molecule is COc1ccc(C(C)C)cc1CN[C@H]1[C@H]2CCN(C[C@@H]2C(=O)NCC(N)=O)[C@@H]1C(c1ccccc1)c1ccccc1.Cl.Cl. The van der Waals surface area contributed by atoms with Gasteiger partial charge in [-0.1, -0.05) is 86.6 Å². The summed E-state index contributed by atoms with van der Waals surface area (Å²) in [4.78, 5) is 27.3. The maximum Gasteiger partial charge on any atom is 0.236 e. The number of nitrogens with zero attached hydrogens (tertiary/aromatic N) is 1. The van der Waals surface area contributed by atoms with Crippen LogP contribution < -0.4 is 21.1 Å². The van der Waals surface area contributed by atoms with E-state index in [9.17, 15) is 9.59 Å². The van der Waals surface area contributed by atoms with Gasteiger partial charge in [-0.25, -0.2) is 0 Å². The lowest BCUT2D eigenvalue weighted by atomic mass is 9.66. The molecule has 2 bridgehead atoms. The Bertz CT molecular complexity index is 1300. The zero-order valence-corrected chi connectivity index (χ0v) is 26.7. The predicted molar refractivity (Wildman–Crippen MR) is 176 cm³/mol. The van der Waals surface area contributed by atoms with Gasteiger partial charge < -0.3 is 21.1 Å². The Labute approximate surface area is 267 Å². The first-order chi connectivity index (χ1) is 19.9. The summed E-state index contributed by atoms with van der Waals surface area (Å²) >= 11 is 0. The minimum atomic E-state index is -0.530. The number of hydrogen-bond donors (Lipinski definition) is 3. The van der Waals surface area contributed by atoms with Gasteiger partial charge in [0.1, 0.15) is 5.75 Å². The number of methoxy groups -OCH3 is 1. The van der Waals surface area contributed by atoms with Gasteiger partial charge in [0.15, 0.2) is 0 Å². The molecule has 0 radical (unpaired) electrons. The molecule has 3 aromatic carbocycles. The summed E-state index contributed by atoms with van der Waals surface area (Å²) in [7, 11) is 1.71. The second kappa shape index (κ2) is 15.6. The average molecular weight is 628 g/mol. The van der Waals surface area contributed by atoms with Crippen molar-refractivity contribution in [2.45, 2.75) is 50.7 Å². The van der Waals surface area contributed by atoms with E-state index in [-0.39, 0.29) is 67.1 Å². The molecule has 1 unspecified atom stereocenters. The molecule has 0 aromatic heterocycles. The predicted octanol–water partition coefficient (Wildman–Crippen LogP) is 4.87. The summed E-state index contributed by atoms with van der Waals surface area (Å²) in [5, 5.41) is 6.73. The number of fused-ring (bicyclic) bond motifs is 3. The van der Waals surface area contributed by atoms with Gasteiger partial charge in [0.05, 0.1) is 19.6 Å². The number of amides is 2. The van der Waals surface area contributed by atoms with Gasteiger partial charge >= 0.3 is 0 Å². The van der Waals surface area contributed by atoms with Crippen molar-refractivity contribution in [3.05, 3.63) is 101 Å². The first-order valence-electron chi connectivity index (χ1n) is 14.7. The summed E-state index contributed by atoms with van der Waals surface area (Å²) in [6, 6.07) is 28.0. The molecule has 3 aliphatic rings. The van der Waals surface area contributed by atoms with E-state index < -0.39 is 5.91 Å². The van der Waals surface area contributed by atoms with Crippen LogP contribution in [0.1, 0.15) is 54.4 Å². The van der Waals surface area contributed by atoms with Crippen molar-refractivity contribution < 1.29 is 14.3 Å². The highest BCUT2D eigenvalue weighted by Gasteiger charge is 2.52. The molecule has 7 nitrogen and oxygen atoms in total. The second-order valence-corrected chi connectivity index (χ2v) is 11.7. The van der Waals surface area contributed by atoms with Crippen LogP contribution in [0.5, 0.6) is 5.75 Å². The number of carbonyl (C=O) groups excluding carboxylic acids is 2. The van der Waals surface area contributed by atoms with E-state index in [1.54, 1.807) is 7.11 Å². The Morgan fingerprint density at radius 2 is 1.58 bits per heavy atom. The highest BCUT2D eigenvalue weighted by molar-refractivity contribution is 5.86. The molecule has 232 valence electrons. The van der Waals surface area contributed by atoms with Gasteiger partial charge in [-0.2, -0.15) is 0 Å². The van der Waals surface area contributed by atoms with E-state index in [1.165, 1.54) is 16.7 Å². The van der Waals surface area contributed by atoms with E-state index in [0.29, 0.717) is 19.0 Å². The zero-order chi connectivity index (χ0) is 28.9. The summed E-state index contributed by atoms with van der Waals surface area (Å²) in [5.41, 5.74) is 10.2. The fourth-order valence-corrected chi connectivity index (χ4v) is 6.88. The van der Waals surface area contributed by atoms with Crippen LogP contribution in [0, 0.1) is 11.8 Å². The van der Waals surface area contributed by atoms with E-state index in [4.69, 9.17) is 10.5 Å². The highest BCUT2D eigenvalue weighted by atomic mass is 35.5. The number of benzene rings is 3. The summed E-state index contributed by atoms with van der Waals surface area (Å²) in [6.07, 6.45) is 0.905. The minimum Gasteiger partial charge on any atom is -0.496 e. The molecular formula is C34H44Cl2N4O3. The molecule has 43 heavy (non-hydrogen) atoms. The Kier molecular flexibility index (Phi) is 12.5. The standard InChI is InChI=1S/C34H42N4O3.2ClH/c1-22(2)25-14-15-29(41-3)26(18-25)19-36-32-27-16-17-38(21-28(27)34(40)37-20-30(35)39)33(32)31(23-10-6-4-7-11-23)24-12-8-5-9-13-24;;/h4-15,18,22,27-28,31-33,36H,16-17,19-21H2,1-3H3,(H2,35,39)(H,37,40);2*1H/t27-,28-,32-,33+;;/m0../s1. The summed E-state index contributed by atoms with van der Waals surface area (Å²) in [6.45, 7) is 6.46. The third kappa shape index (κ3) is 7.71. The highest BCUT2D eigenvalue weighted by Crippen LogP contribution is 2.44. The Morgan fingerprint density at radius 1 is 0.953 bits per heavy atom. The molecule has 3 aromatic rings. The van der Waals surface area contributed by atoms with E-state index >= 15 is 0 Å². The Hall–Kier alpha value is -3.10. The third-order valence-corrected chi connectivity index (χ3v) is 8.88. The molecule has 3 heterocycles. The quantitative estimate of drug-likeness (QED) is 0.282. The second-order valence-electron chi connectivity index (χ2n) is 11.7. The monoisotopic (exact) mass is 626 g/mol. The number of hydrogen-bond acceptors (Lipinski definition) is 5. The van der Waals surface area contributed by atoms with Crippen LogP contribution in [0.4, 0.5) is 0 Å². The normalized spacial score (nSPS) is 22.4. The first-order valence-corrected chi connectivity index (χ1v) is 14.7. The van der Waals surface area contributed by atoms with Crippen LogP contribution in [0.3, 0.4) is 0 Å². The Morgan fingerprint density at radius 3 is 2.14 bits per heavy atom. The molecule has 4 N–H and O–H groups in total. The van der Waals surface area contributed by atoms with E-state index in [2.05, 4.69) is 108 Å². The molecule has 3 aliphatic heterocycles. The number of primary amides is 1. The van der Waals surface area contributed by atoms with Gasteiger partial charge in [0.25, 0.3) is 0 Å². The molecule has 3 fully saturated rings. The van der Waals surface area contributed by atoms with Gasteiger partial charge in [0.2, 0.25) is 11.8 Å². The van der Waals surface area contributed by atoms with Crippen molar-refractivity contribution in [1.82, 2.24) is 15.5 Å². The zero-order valence-electron chi connectivity index (χ0n) is 25.1. The van der Waals surface area contributed by atoms with Crippen LogP contribution in [-0.4, -0.2) is 55.5 Å². The number of halogens is 2. The fourth-order valence-electron chi connectivity index (χ4n) is 6.88. The van der Waals surface area contributed by atoms with Crippen LogP contribution in [0.25, 0.3) is 0 Å². The van der Waals surface area contributed by atoms with Crippen LogP contribution in [-0.2, 0) is 16.1 Å². The number of nitrogens with two attached hydrogens (primary N) is 1. The Balaban J connectivity index is 0.00000253. The number of rotatable bonds is 11. The third-order valence-electron chi connectivity index (χ3n) is 8.88. The lowest BCUT2D eigenvalue weighted by Gasteiger charge is -2.56. The average Bonchev–Trinajstić information content (AvgIpc) is 3.00. The minimum absolute atomic E-state index is 0. The van der Waals surface area contributed by atoms with Crippen LogP contribution >= 0.6 is 24.8 Å². The van der Waals surface area contributed by atoms with Gasteiger partial charge in [-0.05, 0) is 47.6 Å². The lowest BCUT2D eigenvalue weighted by Crippen LogP contribution is -2.69. The molecule has 3 saturated heterocycles. The number of nitrogens with one attached hydrogen (secondary N) is 2. The largest absolute Gasteiger partial charge is 0.496 e. The van der Waals surface area contributed by atoms with Crippen molar-refractivity contribution in [2.75, 3.05) is 26.7 Å². The van der Waals surface area contributed by atoms with Gasteiger partial charge in [-0.3, -0.25) is 14.5 Å². The fraction of sp³-hybridized carbons (Fsp3) is 0.412. The number of carbonyl (C=O) groups is 2. The van der Waals surface area contributed by atoms with E-state index in [0.717, 1.165) is 24.3 Å². The first kappa shape index (κ1) is 34.4. The van der Waals surface area contributed by atoms with Crippen molar-refractivity contribution in [1.29, 1.82) is 0 Å². The molecule has 0 saturated carbocycles. The van der Waals surface area contributed by atoms with Crippen molar-refractivity contribution >= 4 is 36.6 Å². The smallest absolute Gasteiger partial charge is 0.236 e. The maximum absolute atomic E-state index is 13.4. The maximum atomic E-state index is 13.4. The molecule has 0 aliphatic carbocycles. The van der Waals surface area contributed by atoms with Gasteiger partial charge in [-0.15, -0.1) is 24.8 Å². The number of piperidine rings is 3. The summed E-state index contributed by atoms with van der Waals surface area (Å²) in [5.74, 6) is 0.633. The molecule has 6 rings (SSSR count). The molecule has 5 atom stereocenters. The molecule has 9 heteroatoms. The van der Waals surface area contributed by atoms with Crippen molar-refractivity contribution in [3.8, 4) is 5.75 Å². The van der Waals surface area contributed by atoms with Crippen LogP contribution in [0.2, 0.25) is 0 Å². The van der Waals surface area contributed by atoms with Crippen LogP contribution in [0.15, 0.2) is 78.9 Å².